The predicted molar refractivity (Wildman–Crippen MR) is 98.3 cm³/mol. The fraction of sp³-hybridized carbons (Fsp3) is 0.389. The summed E-state index contributed by atoms with van der Waals surface area (Å²) in [6.07, 6.45) is -8.40. The highest BCUT2D eigenvalue weighted by molar-refractivity contribution is 7.91. The Kier molecular flexibility index (Phi) is 4.74. The van der Waals surface area contributed by atoms with E-state index in [1.165, 1.54) is 6.92 Å². The van der Waals surface area contributed by atoms with Crippen LogP contribution in [0.3, 0.4) is 0 Å². The maximum atomic E-state index is 13.4. The van der Waals surface area contributed by atoms with Crippen LogP contribution in [0.5, 0.6) is 0 Å². The first-order valence-corrected chi connectivity index (χ1v) is 10.9. The minimum Gasteiger partial charge on any atom is -0.250 e. The molecule has 1 fully saturated rings. The van der Waals surface area contributed by atoms with Gasteiger partial charge in [0.25, 0.3) is 0 Å². The van der Waals surface area contributed by atoms with Crippen molar-refractivity contribution in [2.75, 3.05) is 5.75 Å². The molecule has 7 nitrogen and oxygen atoms in total. The number of hydrogen-bond acceptors (Lipinski definition) is 5. The second-order valence-corrected chi connectivity index (χ2v) is 9.61. The van der Waals surface area contributed by atoms with E-state index in [-0.39, 0.29) is 24.1 Å². The van der Waals surface area contributed by atoms with Crippen molar-refractivity contribution in [3.63, 3.8) is 0 Å². The lowest BCUT2D eigenvalue weighted by molar-refractivity contribution is -0.160. The van der Waals surface area contributed by atoms with Gasteiger partial charge < -0.3 is 0 Å². The van der Waals surface area contributed by atoms with Crippen molar-refractivity contribution in [3.05, 3.63) is 52.2 Å². The Hall–Kier alpha value is -2.90. The zero-order valence-corrected chi connectivity index (χ0v) is 17.0. The van der Waals surface area contributed by atoms with Crippen LogP contribution in [0.25, 0.3) is 11.5 Å². The van der Waals surface area contributed by atoms with E-state index in [0.717, 1.165) is 22.7 Å². The number of alkyl halides is 6. The average molecular weight is 480 g/mol. The van der Waals surface area contributed by atoms with E-state index in [1.54, 1.807) is 0 Å². The van der Waals surface area contributed by atoms with E-state index in [4.69, 9.17) is 0 Å². The molecule has 0 aromatic carbocycles. The Bertz CT molecular complexity index is 1380. The van der Waals surface area contributed by atoms with Gasteiger partial charge in [0.2, 0.25) is 0 Å². The van der Waals surface area contributed by atoms with Gasteiger partial charge >= 0.3 is 18.0 Å². The summed E-state index contributed by atoms with van der Waals surface area (Å²) >= 11 is 0. The molecule has 0 bridgehead atoms. The van der Waals surface area contributed by atoms with Gasteiger partial charge in [0, 0.05) is 12.4 Å². The Morgan fingerprint density at radius 2 is 1.78 bits per heavy atom. The SMILES string of the molecule is CCS(=O)(=O)c1cc(C(F)(F)F)cnc1-n1nc2ccc(C3(C(F)(F)F)CC3)cn2c1=O. The third kappa shape index (κ3) is 3.36. The standard InChI is InChI=1S/C18H14F6N4O3S/c1-2-32(30,31)12-7-11(17(19,20)21)8-25-14(12)28-15(29)27-9-10(3-4-13(27)26-28)16(5-6-16)18(22,23)24/h3-4,7-9H,2,5-6H2,1H3. The van der Waals surface area contributed by atoms with Crippen LogP contribution in [-0.4, -0.2) is 39.5 Å². The van der Waals surface area contributed by atoms with Crippen LogP contribution in [0.1, 0.15) is 30.9 Å². The highest BCUT2D eigenvalue weighted by Crippen LogP contribution is 2.58. The average Bonchev–Trinajstić information content (AvgIpc) is 3.47. The normalized spacial score (nSPS) is 16.5. The molecule has 1 saturated carbocycles. The fourth-order valence-electron chi connectivity index (χ4n) is 3.39. The first-order chi connectivity index (χ1) is 14.7. The summed E-state index contributed by atoms with van der Waals surface area (Å²) in [5, 5.41) is 3.87. The minimum atomic E-state index is -4.89. The third-order valence-corrected chi connectivity index (χ3v) is 7.17. The predicted octanol–water partition coefficient (Wildman–Crippen LogP) is 3.29. The molecule has 4 rings (SSSR count). The van der Waals surface area contributed by atoms with Crippen LogP contribution >= 0.6 is 0 Å². The molecular formula is C18H14F6N4O3S. The number of sulfone groups is 1. The van der Waals surface area contributed by atoms with Crippen LogP contribution in [-0.2, 0) is 21.4 Å². The summed E-state index contributed by atoms with van der Waals surface area (Å²) in [5.41, 5.74) is -4.78. The fourth-order valence-corrected chi connectivity index (χ4v) is 4.43. The molecule has 0 amide bonds. The number of fused-ring (bicyclic) bond motifs is 1. The summed E-state index contributed by atoms with van der Waals surface area (Å²) in [7, 11) is -4.27. The van der Waals surface area contributed by atoms with Gasteiger partial charge in [0.15, 0.2) is 21.3 Å². The highest BCUT2D eigenvalue weighted by atomic mass is 32.2. The number of hydrogen-bond donors (Lipinski definition) is 0. The molecular weight excluding hydrogens is 466 g/mol. The van der Waals surface area contributed by atoms with Crippen molar-refractivity contribution >= 4 is 15.5 Å². The quantitative estimate of drug-likeness (QED) is 0.535. The number of rotatable bonds is 4. The van der Waals surface area contributed by atoms with Crippen LogP contribution in [0.2, 0.25) is 0 Å². The Labute approximate surface area is 176 Å². The van der Waals surface area contributed by atoms with E-state index in [2.05, 4.69) is 10.1 Å². The summed E-state index contributed by atoms with van der Waals surface area (Å²) < 4.78 is 106. The Morgan fingerprint density at radius 3 is 2.31 bits per heavy atom. The maximum Gasteiger partial charge on any atom is 0.417 e. The lowest BCUT2D eigenvalue weighted by atomic mass is 9.97. The molecule has 0 unspecified atom stereocenters. The summed E-state index contributed by atoms with van der Waals surface area (Å²) in [6.45, 7) is 1.20. The molecule has 0 atom stereocenters. The largest absolute Gasteiger partial charge is 0.417 e. The summed E-state index contributed by atoms with van der Waals surface area (Å²) in [6, 6.07) is 2.67. The first-order valence-electron chi connectivity index (χ1n) is 9.20. The van der Waals surface area contributed by atoms with Crippen molar-refractivity contribution in [3.8, 4) is 5.82 Å². The molecule has 14 heteroatoms. The summed E-state index contributed by atoms with van der Waals surface area (Å²) in [4.78, 5) is 15.5. The smallest absolute Gasteiger partial charge is 0.250 e. The zero-order chi connectivity index (χ0) is 23.7. The topological polar surface area (TPSA) is 86.3 Å². The van der Waals surface area contributed by atoms with Gasteiger partial charge in [0.1, 0.15) is 4.90 Å². The molecule has 3 aromatic rings. The van der Waals surface area contributed by atoms with E-state index < -0.39 is 55.3 Å². The van der Waals surface area contributed by atoms with Gasteiger partial charge in [-0.3, -0.25) is 0 Å². The van der Waals surface area contributed by atoms with Gasteiger partial charge in [-0.25, -0.2) is 22.6 Å². The van der Waals surface area contributed by atoms with Gasteiger partial charge in [0.05, 0.1) is 16.7 Å². The van der Waals surface area contributed by atoms with Crippen LogP contribution in [0, 0.1) is 0 Å². The maximum absolute atomic E-state index is 13.4. The van der Waals surface area contributed by atoms with Crippen LogP contribution in [0.4, 0.5) is 26.3 Å². The zero-order valence-electron chi connectivity index (χ0n) is 16.2. The van der Waals surface area contributed by atoms with E-state index >= 15 is 0 Å². The van der Waals surface area contributed by atoms with Crippen LogP contribution in [0.15, 0.2) is 40.3 Å². The van der Waals surface area contributed by atoms with Crippen LogP contribution < -0.4 is 5.69 Å². The molecule has 1 aliphatic rings. The molecule has 0 N–H and O–H groups in total. The third-order valence-electron chi connectivity index (χ3n) is 5.44. The van der Waals surface area contributed by atoms with Crippen molar-refractivity contribution in [1.82, 2.24) is 19.2 Å². The van der Waals surface area contributed by atoms with Crippen molar-refractivity contribution in [2.45, 2.75) is 42.4 Å². The lowest BCUT2D eigenvalue weighted by Crippen LogP contribution is -2.29. The number of nitrogens with zero attached hydrogens (tertiary/aromatic N) is 4. The van der Waals surface area contributed by atoms with Crippen molar-refractivity contribution in [2.24, 2.45) is 0 Å². The summed E-state index contributed by atoms with van der Waals surface area (Å²) in [5.74, 6) is -1.25. The minimum absolute atomic E-state index is 0.127. The molecule has 0 spiro atoms. The van der Waals surface area contributed by atoms with Gasteiger partial charge in [-0.2, -0.15) is 31.0 Å². The highest BCUT2D eigenvalue weighted by Gasteiger charge is 2.64. The molecule has 3 heterocycles. The lowest BCUT2D eigenvalue weighted by Gasteiger charge is -2.19. The monoisotopic (exact) mass is 480 g/mol. The Morgan fingerprint density at radius 1 is 1.12 bits per heavy atom. The first kappa shape index (κ1) is 22.3. The molecule has 3 aromatic heterocycles. The van der Waals surface area contributed by atoms with Gasteiger partial charge in [-0.1, -0.05) is 13.0 Å². The second-order valence-electron chi connectivity index (χ2n) is 7.37. The van der Waals surface area contributed by atoms with Gasteiger partial charge in [-0.05, 0) is 30.5 Å². The second kappa shape index (κ2) is 6.80. The van der Waals surface area contributed by atoms with Gasteiger partial charge in [-0.15, -0.1) is 5.10 Å². The van der Waals surface area contributed by atoms with E-state index in [1.807, 2.05) is 0 Å². The molecule has 32 heavy (non-hydrogen) atoms. The number of halogens is 6. The molecule has 0 saturated heterocycles. The molecule has 1 aliphatic carbocycles. The van der Waals surface area contributed by atoms with Crippen molar-refractivity contribution < 1.29 is 34.8 Å². The number of pyridine rings is 2. The molecule has 0 aliphatic heterocycles. The van der Waals surface area contributed by atoms with E-state index in [0.29, 0.717) is 16.9 Å². The number of aromatic nitrogens is 4. The molecule has 0 radical (unpaired) electrons. The Balaban J connectivity index is 1.93. The van der Waals surface area contributed by atoms with Crippen molar-refractivity contribution in [1.29, 1.82) is 0 Å². The molecule has 172 valence electrons. The van der Waals surface area contributed by atoms with E-state index in [9.17, 15) is 39.6 Å².